The third-order valence-electron chi connectivity index (χ3n) is 3.98. The normalized spacial score (nSPS) is 24.4. The van der Waals surface area contributed by atoms with E-state index in [1.165, 1.54) is 24.0 Å². The Kier molecular flexibility index (Phi) is 4.15. The molecule has 0 unspecified atom stereocenters. The summed E-state index contributed by atoms with van der Waals surface area (Å²) < 4.78 is 0. The number of nitrogens with one attached hydrogen (secondary N) is 1. The van der Waals surface area contributed by atoms with Crippen molar-refractivity contribution in [3.05, 3.63) is 22.3 Å². The van der Waals surface area contributed by atoms with Crippen molar-refractivity contribution in [2.24, 2.45) is 4.99 Å². The van der Waals surface area contributed by atoms with Crippen LogP contribution in [0, 0.1) is 0 Å². The number of amides is 2. The summed E-state index contributed by atoms with van der Waals surface area (Å²) in [6, 6.07) is -0.525. The lowest BCUT2D eigenvalue weighted by molar-refractivity contribution is -0.144. The van der Waals surface area contributed by atoms with E-state index in [2.05, 4.69) is 15.3 Å². The fourth-order valence-corrected chi connectivity index (χ4v) is 4.55. The fraction of sp³-hybridized carbons (Fsp3) is 0.429. The summed E-state index contributed by atoms with van der Waals surface area (Å²) >= 11 is 2.90. The minimum atomic E-state index is -0.525. The van der Waals surface area contributed by atoms with Crippen molar-refractivity contribution in [3.8, 4) is 0 Å². The van der Waals surface area contributed by atoms with Crippen LogP contribution >= 0.6 is 23.1 Å². The van der Waals surface area contributed by atoms with E-state index in [0.29, 0.717) is 10.8 Å². The molecule has 2 amide bonds. The number of aromatic nitrogens is 1. The SMILES string of the molecule is C/N=C(\C(=O)N[C@@H]1C(=O)N2C(C)=C(C)CS[C@H]12)c1csc(N)n1. The number of β-lactam (4-membered cyclic amide) rings is 1. The van der Waals surface area contributed by atoms with E-state index < -0.39 is 11.9 Å². The van der Waals surface area contributed by atoms with E-state index in [0.717, 1.165) is 11.4 Å². The standard InChI is InChI=1S/C14H17N5O2S2/c1-6-4-22-13-10(12(21)19(13)7(6)2)18-11(20)9(16-3)8-5-23-14(15)17-8/h5,10,13H,4H2,1-3H3,(H2,15,17)(H,18,20)/b16-9-/t10-,13-/m1/s1. The summed E-state index contributed by atoms with van der Waals surface area (Å²) in [6.45, 7) is 3.96. The van der Waals surface area contributed by atoms with Gasteiger partial charge in [0.05, 0.1) is 0 Å². The predicted molar refractivity (Wildman–Crippen MR) is 92.4 cm³/mol. The van der Waals surface area contributed by atoms with Crippen LogP contribution in [0.1, 0.15) is 19.5 Å². The molecular formula is C14H17N5O2S2. The summed E-state index contributed by atoms with van der Waals surface area (Å²) in [6.07, 6.45) is 0. The molecule has 2 aliphatic heterocycles. The number of nitrogens with zero attached hydrogens (tertiary/aromatic N) is 3. The number of thiazole rings is 1. The minimum Gasteiger partial charge on any atom is -0.375 e. The summed E-state index contributed by atoms with van der Waals surface area (Å²) in [5.74, 6) is 0.380. The fourth-order valence-electron chi connectivity index (χ4n) is 2.58. The molecule has 122 valence electrons. The van der Waals surface area contributed by atoms with Gasteiger partial charge in [-0.2, -0.15) is 0 Å². The molecule has 7 nitrogen and oxygen atoms in total. The average Bonchev–Trinajstić information content (AvgIpc) is 2.94. The number of rotatable bonds is 3. The number of fused-ring (bicyclic) bond motifs is 1. The van der Waals surface area contributed by atoms with Crippen molar-refractivity contribution in [3.63, 3.8) is 0 Å². The second-order valence-electron chi connectivity index (χ2n) is 5.37. The van der Waals surface area contributed by atoms with Gasteiger partial charge in [-0.05, 0) is 19.4 Å². The molecule has 1 aromatic rings. The van der Waals surface area contributed by atoms with Crippen LogP contribution < -0.4 is 11.1 Å². The molecule has 2 aliphatic rings. The summed E-state index contributed by atoms with van der Waals surface area (Å²) in [5.41, 5.74) is 8.40. The van der Waals surface area contributed by atoms with Crippen LogP contribution in [0.25, 0.3) is 0 Å². The third kappa shape index (κ3) is 2.63. The maximum Gasteiger partial charge on any atom is 0.272 e. The zero-order valence-electron chi connectivity index (χ0n) is 13.0. The van der Waals surface area contributed by atoms with Crippen molar-refractivity contribution in [1.82, 2.24) is 15.2 Å². The van der Waals surface area contributed by atoms with Crippen molar-refractivity contribution >= 4 is 45.8 Å². The highest BCUT2D eigenvalue weighted by molar-refractivity contribution is 8.00. The van der Waals surface area contributed by atoms with Crippen molar-refractivity contribution in [1.29, 1.82) is 0 Å². The first-order valence-corrected chi connectivity index (χ1v) is 8.97. The lowest BCUT2D eigenvalue weighted by Crippen LogP contribution is -2.70. The molecule has 0 spiro atoms. The molecule has 9 heteroatoms. The highest BCUT2D eigenvalue weighted by atomic mass is 32.2. The number of nitrogen functional groups attached to an aromatic ring is 1. The van der Waals surface area contributed by atoms with Crippen LogP contribution in [-0.4, -0.2) is 51.6 Å². The molecule has 1 fully saturated rings. The zero-order valence-corrected chi connectivity index (χ0v) is 14.6. The Labute approximate surface area is 142 Å². The number of hydrogen-bond acceptors (Lipinski definition) is 7. The first-order chi connectivity index (χ1) is 10.9. The Morgan fingerprint density at radius 1 is 1.52 bits per heavy atom. The van der Waals surface area contributed by atoms with Gasteiger partial charge in [0.25, 0.3) is 11.8 Å². The largest absolute Gasteiger partial charge is 0.375 e. The van der Waals surface area contributed by atoms with Crippen LogP contribution in [0.4, 0.5) is 5.13 Å². The summed E-state index contributed by atoms with van der Waals surface area (Å²) in [4.78, 5) is 34.6. The molecule has 23 heavy (non-hydrogen) atoms. The number of nitrogens with two attached hydrogens (primary N) is 1. The number of anilines is 1. The number of carbonyl (C=O) groups is 2. The van der Waals surface area contributed by atoms with Crippen molar-refractivity contribution < 1.29 is 9.59 Å². The smallest absolute Gasteiger partial charge is 0.272 e. The zero-order chi connectivity index (χ0) is 16.7. The second kappa shape index (κ2) is 5.97. The number of thioether (sulfide) groups is 1. The van der Waals surface area contributed by atoms with Crippen molar-refractivity contribution in [2.45, 2.75) is 25.3 Å². The highest BCUT2D eigenvalue weighted by Crippen LogP contribution is 2.39. The first kappa shape index (κ1) is 16.0. The van der Waals surface area contributed by atoms with Crippen molar-refractivity contribution in [2.75, 3.05) is 18.5 Å². The average molecular weight is 351 g/mol. The highest BCUT2D eigenvalue weighted by Gasteiger charge is 2.51. The molecule has 3 rings (SSSR count). The lowest BCUT2D eigenvalue weighted by atomic mass is 10.0. The van der Waals surface area contributed by atoms with Crippen LogP contribution in [0.15, 0.2) is 21.6 Å². The Hall–Kier alpha value is -1.87. The first-order valence-electron chi connectivity index (χ1n) is 7.04. The monoisotopic (exact) mass is 351 g/mol. The molecule has 0 aliphatic carbocycles. The molecular weight excluding hydrogens is 334 g/mol. The molecule has 0 aromatic carbocycles. The Morgan fingerprint density at radius 2 is 2.26 bits per heavy atom. The predicted octanol–water partition coefficient (Wildman–Crippen LogP) is 0.838. The van der Waals surface area contributed by atoms with E-state index in [-0.39, 0.29) is 17.0 Å². The van der Waals surface area contributed by atoms with Gasteiger partial charge in [0.15, 0.2) is 5.13 Å². The van der Waals surface area contributed by atoms with Gasteiger partial charge in [0.2, 0.25) is 0 Å². The van der Waals surface area contributed by atoms with Gasteiger partial charge in [-0.1, -0.05) is 0 Å². The van der Waals surface area contributed by atoms with Gasteiger partial charge >= 0.3 is 0 Å². The number of hydrogen-bond donors (Lipinski definition) is 2. The number of allylic oxidation sites excluding steroid dienone is 1. The van der Waals surface area contributed by atoms with Crippen LogP contribution in [0.3, 0.4) is 0 Å². The molecule has 0 bridgehead atoms. The Balaban J connectivity index is 1.73. The van der Waals surface area contributed by atoms with Gasteiger partial charge in [-0.25, -0.2) is 4.98 Å². The van der Waals surface area contributed by atoms with Crippen LogP contribution in [-0.2, 0) is 9.59 Å². The van der Waals surface area contributed by atoms with Gasteiger partial charge in [0.1, 0.15) is 22.8 Å². The third-order valence-corrected chi connectivity index (χ3v) is 6.08. The molecule has 0 radical (unpaired) electrons. The van der Waals surface area contributed by atoms with E-state index in [4.69, 9.17) is 5.73 Å². The van der Waals surface area contributed by atoms with Gasteiger partial charge in [0, 0.05) is 23.9 Å². The lowest BCUT2D eigenvalue weighted by Gasteiger charge is -2.49. The topological polar surface area (TPSA) is 101 Å². The van der Waals surface area contributed by atoms with E-state index in [1.807, 2.05) is 13.8 Å². The second-order valence-corrected chi connectivity index (χ2v) is 7.36. The summed E-state index contributed by atoms with van der Waals surface area (Å²) in [7, 11) is 1.52. The maximum atomic E-state index is 12.4. The van der Waals surface area contributed by atoms with E-state index in [9.17, 15) is 9.59 Å². The quantitative estimate of drug-likeness (QED) is 0.621. The number of carbonyl (C=O) groups excluding carboxylic acids is 2. The molecule has 0 saturated carbocycles. The van der Waals surface area contributed by atoms with E-state index >= 15 is 0 Å². The van der Waals surface area contributed by atoms with E-state index in [1.54, 1.807) is 22.0 Å². The number of aliphatic imine (C=N–C) groups is 1. The molecule has 1 aromatic heterocycles. The molecule has 3 heterocycles. The molecule has 2 atom stereocenters. The molecule has 1 saturated heterocycles. The van der Waals surface area contributed by atoms with Gasteiger partial charge < -0.3 is 11.1 Å². The Bertz CT molecular complexity index is 739. The van der Waals surface area contributed by atoms with Crippen LogP contribution in [0.2, 0.25) is 0 Å². The van der Waals surface area contributed by atoms with Gasteiger partial charge in [-0.3, -0.25) is 19.5 Å². The summed E-state index contributed by atoms with van der Waals surface area (Å²) in [5, 5.41) is 4.78. The maximum absolute atomic E-state index is 12.4. The minimum absolute atomic E-state index is 0.0474. The molecule has 3 N–H and O–H groups in total. The van der Waals surface area contributed by atoms with Crippen LogP contribution in [0.5, 0.6) is 0 Å². The van der Waals surface area contributed by atoms with Gasteiger partial charge in [-0.15, -0.1) is 23.1 Å². The Morgan fingerprint density at radius 3 is 2.87 bits per heavy atom.